The van der Waals surface area contributed by atoms with Gasteiger partial charge < -0.3 is 4.90 Å². The van der Waals surface area contributed by atoms with Crippen LogP contribution in [-0.2, 0) is 0 Å². The van der Waals surface area contributed by atoms with Crippen molar-refractivity contribution >= 4 is 5.96 Å². The van der Waals surface area contributed by atoms with Crippen LogP contribution in [0.25, 0.3) is 0 Å². The van der Waals surface area contributed by atoms with Gasteiger partial charge >= 0.3 is 0 Å². The summed E-state index contributed by atoms with van der Waals surface area (Å²) in [5, 5.41) is 7.89. The number of hydrogen-bond acceptors (Lipinski definition) is 2. The maximum absolute atomic E-state index is 7.89. The zero-order valence-corrected chi connectivity index (χ0v) is 7.61. The second kappa shape index (κ2) is 3.60. The summed E-state index contributed by atoms with van der Waals surface area (Å²) in [6.07, 6.45) is 8.91. The summed E-state index contributed by atoms with van der Waals surface area (Å²) < 4.78 is 1.76. The lowest BCUT2D eigenvalue weighted by Crippen LogP contribution is -2.38. The van der Waals surface area contributed by atoms with Crippen molar-refractivity contribution in [2.45, 2.75) is 19.3 Å². The Labute approximate surface area is 77.7 Å². The van der Waals surface area contributed by atoms with Gasteiger partial charge in [-0.05, 0) is 19.3 Å². The topological polar surface area (TPSA) is 44.9 Å². The van der Waals surface area contributed by atoms with Gasteiger partial charge in [0, 0.05) is 25.5 Å². The fraction of sp³-hybridized carbons (Fsp3) is 0.556. The number of piperidine rings is 1. The quantitative estimate of drug-likeness (QED) is 0.478. The first kappa shape index (κ1) is 8.29. The van der Waals surface area contributed by atoms with Gasteiger partial charge in [-0.1, -0.05) is 0 Å². The normalized spacial score (nSPS) is 17.4. The lowest BCUT2D eigenvalue weighted by atomic mass is 10.1. The Morgan fingerprint density at radius 3 is 2.62 bits per heavy atom. The highest BCUT2D eigenvalue weighted by Gasteiger charge is 2.13. The van der Waals surface area contributed by atoms with Crippen LogP contribution in [-0.4, -0.2) is 33.5 Å². The lowest BCUT2D eigenvalue weighted by Gasteiger charge is -2.28. The van der Waals surface area contributed by atoms with Gasteiger partial charge in [0.2, 0.25) is 5.96 Å². The molecule has 2 heterocycles. The molecule has 0 saturated carbocycles. The summed E-state index contributed by atoms with van der Waals surface area (Å²) in [6.45, 7) is 2.02. The van der Waals surface area contributed by atoms with E-state index in [9.17, 15) is 0 Å². The Bertz CT molecular complexity index is 272. The highest BCUT2D eigenvalue weighted by atomic mass is 15.3. The fourth-order valence-electron chi connectivity index (χ4n) is 1.65. The molecule has 0 amide bonds. The van der Waals surface area contributed by atoms with Gasteiger partial charge in [0.05, 0.1) is 0 Å². The molecule has 1 fully saturated rings. The molecule has 2 rings (SSSR count). The number of likely N-dealkylation sites (tertiary alicyclic amines) is 1. The van der Waals surface area contributed by atoms with E-state index >= 15 is 0 Å². The summed E-state index contributed by atoms with van der Waals surface area (Å²) in [5.74, 6) is 0.553. The van der Waals surface area contributed by atoms with Crippen molar-refractivity contribution in [2.75, 3.05) is 13.1 Å². The molecule has 1 saturated heterocycles. The lowest BCUT2D eigenvalue weighted by molar-refractivity contribution is 0.331. The predicted octanol–water partition coefficient (Wildman–Crippen LogP) is 1.15. The maximum Gasteiger partial charge on any atom is 0.203 e. The number of imidazole rings is 1. The second-order valence-electron chi connectivity index (χ2n) is 3.34. The van der Waals surface area contributed by atoms with E-state index in [0.717, 1.165) is 13.1 Å². The Morgan fingerprint density at radius 2 is 2.00 bits per heavy atom. The standard InChI is InChI=1S/C9H14N4/c10-9(13-7-4-11-8-13)12-5-2-1-3-6-12/h4,7-8,10H,1-3,5-6H2. The van der Waals surface area contributed by atoms with Crippen LogP contribution in [0.4, 0.5) is 0 Å². The molecule has 1 aromatic rings. The predicted molar refractivity (Wildman–Crippen MR) is 50.8 cm³/mol. The molecular formula is C9H14N4. The van der Waals surface area contributed by atoms with Crippen molar-refractivity contribution in [3.63, 3.8) is 0 Å². The molecule has 0 aromatic carbocycles. The molecule has 4 heteroatoms. The van der Waals surface area contributed by atoms with Gasteiger partial charge in [-0.25, -0.2) is 4.98 Å². The Hall–Kier alpha value is -1.32. The monoisotopic (exact) mass is 178 g/mol. The first-order valence-corrected chi connectivity index (χ1v) is 4.70. The van der Waals surface area contributed by atoms with E-state index in [-0.39, 0.29) is 0 Å². The van der Waals surface area contributed by atoms with Crippen LogP contribution in [0, 0.1) is 5.41 Å². The van der Waals surface area contributed by atoms with Crippen molar-refractivity contribution in [3.8, 4) is 0 Å². The van der Waals surface area contributed by atoms with Gasteiger partial charge in [-0.3, -0.25) is 9.98 Å². The number of rotatable bonds is 0. The van der Waals surface area contributed by atoms with E-state index in [0.29, 0.717) is 5.96 Å². The Balaban J connectivity index is 2.04. The third-order valence-electron chi connectivity index (χ3n) is 2.40. The van der Waals surface area contributed by atoms with Gasteiger partial charge in [0.25, 0.3) is 0 Å². The van der Waals surface area contributed by atoms with Crippen molar-refractivity contribution in [2.24, 2.45) is 0 Å². The molecule has 1 N–H and O–H groups in total. The molecule has 0 unspecified atom stereocenters. The molecule has 0 radical (unpaired) electrons. The van der Waals surface area contributed by atoms with Gasteiger partial charge in [0.15, 0.2) is 0 Å². The third-order valence-corrected chi connectivity index (χ3v) is 2.40. The van der Waals surface area contributed by atoms with Gasteiger partial charge in [-0.2, -0.15) is 0 Å². The Kier molecular flexibility index (Phi) is 2.29. The molecule has 0 aliphatic carbocycles. The zero-order valence-electron chi connectivity index (χ0n) is 7.61. The number of nitrogens with one attached hydrogen (secondary N) is 1. The van der Waals surface area contributed by atoms with E-state index in [1.807, 2.05) is 6.20 Å². The van der Waals surface area contributed by atoms with Crippen molar-refractivity contribution in [1.82, 2.24) is 14.5 Å². The number of aromatic nitrogens is 2. The SMILES string of the molecule is N=C(N1CCCCC1)n1ccnc1. The summed E-state index contributed by atoms with van der Waals surface area (Å²) in [4.78, 5) is 6.04. The molecule has 0 spiro atoms. The molecule has 4 nitrogen and oxygen atoms in total. The van der Waals surface area contributed by atoms with Crippen LogP contribution < -0.4 is 0 Å². The number of hydrogen-bond donors (Lipinski definition) is 1. The van der Waals surface area contributed by atoms with Crippen LogP contribution >= 0.6 is 0 Å². The highest BCUT2D eigenvalue weighted by molar-refractivity contribution is 5.79. The van der Waals surface area contributed by atoms with E-state index in [2.05, 4.69) is 9.88 Å². The first-order valence-electron chi connectivity index (χ1n) is 4.70. The highest BCUT2D eigenvalue weighted by Crippen LogP contribution is 2.09. The van der Waals surface area contributed by atoms with Gasteiger partial charge in [0.1, 0.15) is 6.33 Å². The molecule has 70 valence electrons. The van der Waals surface area contributed by atoms with Crippen LogP contribution in [0.2, 0.25) is 0 Å². The minimum Gasteiger partial charge on any atom is -0.342 e. The average Bonchev–Trinajstić information content (AvgIpc) is 2.71. The largest absolute Gasteiger partial charge is 0.342 e. The third kappa shape index (κ3) is 1.71. The van der Waals surface area contributed by atoms with Crippen LogP contribution in [0.1, 0.15) is 19.3 Å². The molecule has 13 heavy (non-hydrogen) atoms. The average molecular weight is 178 g/mol. The first-order chi connectivity index (χ1) is 6.38. The molecular weight excluding hydrogens is 164 g/mol. The minimum absolute atomic E-state index is 0.553. The molecule has 1 aliphatic rings. The fourth-order valence-corrected chi connectivity index (χ4v) is 1.65. The van der Waals surface area contributed by atoms with Crippen LogP contribution in [0.3, 0.4) is 0 Å². The molecule has 1 aromatic heterocycles. The van der Waals surface area contributed by atoms with E-state index in [1.54, 1.807) is 17.1 Å². The maximum atomic E-state index is 7.89. The number of nitrogens with zero attached hydrogens (tertiary/aromatic N) is 3. The summed E-state index contributed by atoms with van der Waals surface area (Å²) in [5.41, 5.74) is 0. The van der Waals surface area contributed by atoms with E-state index < -0.39 is 0 Å². The minimum atomic E-state index is 0.553. The smallest absolute Gasteiger partial charge is 0.203 e. The van der Waals surface area contributed by atoms with Crippen LogP contribution in [0.5, 0.6) is 0 Å². The van der Waals surface area contributed by atoms with E-state index in [4.69, 9.17) is 5.41 Å². The van der Waals surface area contributed by atoms with Crippen molar-refractivity contribution in [1.29, 1.82) is 5.41 Å². The molecule has 0 atom stereocenters. The van der Waals surface area contributed by atoms with Gasteiger partial charge in [-0.15, -0.1) is 0 Å². The summed E-state index contributed by atoms with van der Waals surface area (Å²) in [6, 6.07) is 0. The van der Waals surface area contributed by atoms with E-state index in [1.165, 1.54) is 19.3 Å². The summed E-state index contributed by atoms with van der Waals surface area (Å²) in [7, 11) is 0. The van der Waals surface area contributed by atoms with Crippen LogP contribution in [0.15, 0.2) is 18.7 Å². The Morgan fingerprint density at radius 1 is 1.23 bits per heavy atom. The summed E-state index contributed by atoms with van der Waals surface area (Å²) >= 11 is 0. The molecule has 0 bridgehead atoms. The zero-order chi connectivity index (χ0) is 9.10. The molecule has 1 aliphatic heterocycles. The second-order valence-corrected chi connectivity index (χ2v) is 3.34. The van der Waals surface area contributed by atoms with Crippen molar-refractivity contribution < 1.29 is 0 Å². The van der Waals surface area contributed by atoms with Crippen molar-refractivity contribution in [3.05, 3.63) is 18.7 Å².